The van der Waals surface area contributed by atoms with Gasteiger partial charge in [-0.1, -0.05) is 0 Å². The Morgan fingerprint density at radius 2 is 2.00 bits per heavy atom. The van der Waals surface area contributed by atoms with Crippen molar-refractivity contribution in [3.8, 4) is 0 Å². The Hall–Kier alpha value is -1.95. The molecular weight excluding hydrogens is 288 g/mol. The average Bonchev–Trinajstić information content (AvgIpc) is 3.04. The maximum absolute atomic E-state index is 4.69. The third-order valence-corrected chi connectivity index (χ3v) is 5.36. The van der Waals surface area contributed by atoms with Gasteiger partial charge in [-0.3, -0.25) is 0 Å². The first-order chi connectivity index (χ1) is 11.0. The first-order valence-electron chi connectivity index (χ1n) is 8.35. The Labute approximate surface area is 136 Å². The average molecular weight is 312 g/mol. The summed E-state index contributed by atoms with van der Waals surface area (Å²) in [5.74, 6) is 2.25. The van der Waals surface area contributed by atoms with Crippen LogP contribution in [0.5, 0.6) is 0 Å². The van der Waals surface area contributed by atoms with Crippen LogP contribution in [0.4, 0.5) is 11.8 Å². The number of aryl methyl sites for hydroxylation is 2. The minimum Gasteiger partial charge on any atom is -0.372 e. The van der Waals surface area contributed by atoms with Crippen molar-refractivity contribution in [2.75, 3.05) is 31.3 Å². The maximum Gasteiger partial charge on any atom is 0.226 e. The molecule has 1 saturated heterocycles. The van der Waals surface area contributed by atoms with Crippen LogP contribution in [0.2, 0.25) is 0 Å². The van der Waals surface area contributed by atoms with Gasteiger partial charge < -0.3 is 15.5 Å². The van der Waals surface area contributed by atoms with Gasteiger partial charge in [0.05, 0.1) is 5.39 Å². The van der Waals surface area contributed by atoms with Crippen LogP contribution in [0, 0.1) is 19.8 Å². The van der Waals surface area contributed by atoms with E-state index in [9.17, 15) is 0 Å². The zero-order valence-corrected chi connectivity index (χ0v) is 14.2. The minimum atomic E-state index is 0.476. The molecule has 2 aromatic heterocycles. The number of hydrogen-bond donors (Lipinski definition) is 2. The molecule has 2 aromatic rings. The number of likely N-dealkylation sites (tertiary alicyclic amines) is 1. The molecule has 1 aliphatic heterocycles. The summed E-state index contributed by atoms with van der Waals surface area (Å²) in [6.07, 6.45) is 2.47. The molecule has 3 atom stereocenters. The molecule has 2 fully saturated rings. The third-order valence-electron chi connectivity index (χ3n) is 5.36. The predicted octanol–water partition coefficient (Wildman–Crippen LogP) is 2.19. The van der Waals surface area contributed by atoms with Crippen molar-refractivity contribution in [3.05, 3.63) is 17.3 Å². The van der Waals surface area contributed by atoms with Crippen molar-refractivity contribution < 1.29 is 0 Å². The molecule has 0 spiro atoms. The largest absolute Gasteiger partial charge is 0.372 e. The van der Waals surface area contributed by atoms with E-state index in [4.69, 9.17) is 0 Å². The molecule has 4 rings (SSSR count). The van der Waals surface area contributed by atoms with Crippen molar-refractivity contribution in [2.24, 2.45) is 5.92 Å². The number of aromatic nitrogens is 3. The monoisotopic (exact) mass is 312 g/mol. The standard InChI is InChI=1S/C17H24N6/c1-9-5-10(2)19-16-14(9)15(18-3)21-17(22-16)20-13-7-12-6-11(13)8-23(12)4/h5,11-13H,6-8H2,1-4H3,(H2,18,19,20,21,22)/t11-,12-,13+/m0/s1. The van der Waals surface area contributed by atoms with Gasteiger partial charge >= 0.3 is 0 Å². The molecule has 23 heavy (non-hydrogen) atoms. The van der Waals surface area contributed by atoms with Gasteiger partial charge in [0.2, 0.25) is 5.95 Å². The van der Waals surface area contributed by atoms with Gasteiger partial charge in [-0.05, 0) is 51.3 Å². The lowest BCUT2D eigenvalue weighted by molar-refractivity contribution is 0.250. The van der Waals surface area contributed by atoms with E-state index in [1.165, 1.54) is 19.4 Å². The molecular formula is C17H24N6. The number of nitrogens with zero attached hydrogens (tertiary/aromatic N) is 4. The smallest absolute Gasteiger partial charge is 0.226 e. The summed E-state index contributed by atoms with van der Waals surface area (Å²) in [4.78, 5) is 16.4. The van der Waals surface area contributed by atoms with Crippen molar-refractivity contribution in [1.29, 1.82) is 0 Å². The van der Waals surface area contributed by atoms with E-state index in [0.717, 1.165) is 28.1 Å². The van der Waals surface area contributed by atoms with E-state index in [2.05, 4.69) is 50.5 Å². The fourth-order valence-electron chi connectivity index (χ4n) is 4.24. The molecule has 1 saturated carbocycles. The normalized spacial score (nSPS) is 26.9. The second-order valence-electron chi connectivity index (χ2n) is 7.00. The Morgan fingerprint density at radius 1 is 1.17 bits per heavy atom. The van der Waals surface area contributed by atoms with E-state index in [0.29, 0.717) is 23.9 Å². The minimum absolute atomic E-state index is 0.476. The molecule has 0 aromatic carbocycles. The Balaban J connectivity index is 1.68. The molecule has 6 nitrogen and oxygen atoms in total. The van der Waals surface area contributed by atoms with Gasteiger partial charge in [0.15, 0.2) is 5.65 Å². The molecule has 2 bridgehead atoms. The van der Waals surface area contributed by atoms with Crippen molar-refractivity contribution in [3.63, 3.8) is 0 Å². The van der Waals surface area contributed by atoms with Crippen LogP contribution in [0.3, 0.4) is 0 Å². The van der Waals surface area contributed by atoms with Crippen LogP contribution < -0.4 is 10.6 Å². The summed E-state index contributed by atoms with van der Waals surface area (Å²) in [6, 6.07) is 3.26. The van der Waals surface area contributed by atoms with Crippen molar-refractivity contribution in [1.82, 2.24) is 19.9 Å². The zero-order valence-electron chi connectivity index (χ0n) is 14.2. The van der Waals surface area contributed by atoms with E-state index < -0.39 is 0 Å². The number of hydrogen-bond acceptors (Lipinski definition) is 6. The van der Waals surface area contributed by atoms with Crippen LogP contribution in [0.15, 0.2) is 6.07 Å². The second-order valence-corrected chi connectivity index (χ2v) is 7.00. The number of fused-ring (bicyclic) bond motifs is 3. The lowest BCUT2D eigenvalue weighted by atomic mass is 10.0. The lowest BCUT2D eigenvalue weighted by Crippen LogP contribution is -2.38. The SMILES string of the molecule is CNc1nc(N[C@@H]2C[C@@H]3C[C@H]2CN3C)nc2nc(C)cc(C)c12. The van der Waals surface area contributed by atoms with Gasteiger partial charge in [-0.15, -0.1) is 0 Å². The molecule has 1 aliphatic carbocycles. The van der Waals surface area contributed by atoms with Crippen LogP contribution in [0.25, 0.3) is 11.0 Å². The van der Waals surface area contributed by atoms with Gasteiger partial charge in [0.25, 0.3) is 0 Å². The van der Waals surface area contributed by atoms with Gasteiger partial charge in [0.1, 0.15) is 5.82 Å². The molecule has 0 amide bonds. The molecule has 2 aliphatic rings. The number of rotatable bonds is 3. The maximum atomic E-state index is 4.69. The number of anilines is 2. The highest BCUT2D eigenvalue weighted by Crippen LogP contribution is 2.38. The Morgan fingerprint density at radius 3 is 2.65 bits per heavy atom. The van der Waals surface area contributed by atoms with Gasteiger partial charge in [-0.25, -0.2) is 4.98 Å². The fraction of sp³-hybridized carbons (Fsp3) is 0.588. The quantitative estimate of drug-likeness (QED) is 0.905. The van der Waals surface area contributed by atoms with Crippen LogP contribution >= 0.6 is 0 Å². The van der Waals surface area contributed by atoms with E-state index >= 15 is 0 Å². The summed E-state index contributed by atoms with van der Waals surface area (Å²) in [6.45, 7) is 5.26. The van der Waals surface area contributed by atoms with E-state index in [-0.39, 0.29) is 0 Å². The third kappa shape index (κ3) is 2.41. The molecule has 3 heterocycles. The zero-order chi connectivity index (χ0) is 16.1. The molecule has 2 N–H and O–H groups in total. The Kier molecular flexibility index (Phi) is 3.37. The highest BCUT2D eigenvalue weighted by atomic mass is 15.2. The van der Waals surface area contributed by atoms with Gasteiger partial charge in [-0.2, -0.15) is 9.97 Å². The van der Waals surface area contributed by atoms with Crippen molar-refractivity contribution >= 4 is 22.8 Å². The highest BCUT2D eigenvalue weighted by Gasteiger charge is 2.43. The highest BCUT2D eigenvalue weighted by molar-refractivity contribution is 5.90. The summed E-state index contributed by atoms with van der Waals surface area (Å²) < 4.78 is 0. The predicted molar refractivity (Wildman–Crippen MR) is 92.9 cm³/mol. The second kappa shape index (κ2) is 5.30. The van der Waals surface area contributed by atoms with E-state index in [1.54, 1.807) is 0 Å². The fourth-order valence-corrected chi connectivity index (χ4v) is 4.24. The number of pyridine rings is 1. The first-order valence-corrected chi connectivity index (χ1v) is 8.35. The summed E-state index contributed by atoms with van der Waals surface area (Å²) >= 11 is 0. The lowest BCUT2D eigenvalue weighted by Gasteiger charge is -2.29. The summed E-state index contributed by atoms with van der Waals surface area (Å²) in [7, 11) is 4.12. The first kappa shape index (κ1) is 14.6. The number of piperidine rings is 1. The van der Waals surface area contributed by atoms with Gasteiger partial charge in [0, 0.05) is 31.4 Å². The van der Waals surface area contributed by atoms with Crippen LogP contribution in [0.1, 0.15) is 24.1 Å². The summed E-state index contributed by atoms with van der Waals surface area (Å²) in [5, 5.41) is 7.78. The van der Waals surface area contributed by atoms with Crippen LogP contribution in [-0.2, 0) is 0 Å². The molecule has 0 unspecified atom stereocenters. The van der Waals surface area contributed by atoms with Crippen LogP contribution in [-0.4, -0.2) is 52.6 Å². The van der Waals surface area contributed by atoms with Crippen molar-refractivity contribution in [2.45, 2.75) is 38.8 Å². The Bertz CT molecular complexity index is 756. The molecule has 6 heteroatoms. The topological polar surface area (TPSA) is 66.0 Å². The molecule has 122 valence electrons. The number of nitrogens with one attached hydrogen (secondary N) is 2. The van der Waals surface area contributed by atoms with E-state index in [1.807, 2.05) is 14.0 Å². The molecule has 0 radical (unpaired) electrons. The summed E-state index contributed by atoms with van der Waals surface area (Å²) in [5.41, 5.74) is 2.91.